The van der Waals surface area contributed by atoms with Gasteiger partial charge in [-0.25, -0.2) is 4.79 Å². The van der Waals surface area contributed by atoms with Crippen molar-refractivity contribution in [2.75, 3.05) is 13.7 Å². The van der Waals surface area contributed by atoms with Crippen LogP contribution in [-0.4, -0.2) is 25.3 Å². The third-order valence-electron chi connectivity index (χ3n) is 1.93. The number of methoxy groups -OCH3 is 1. The fourth-order valence-electron chi connectivity index (χ4n) is 1.16. The number of hydrogen-bond donors (Lipinski definition) is 1. The smallest absolute Gasteiger partial charge is 0.359 e. The zero-order chi connectivity index (χ0) is 12.8. The van der Waals surface area contributed by atoms with Gasteiger partial charge in [-0.15, -0.1) is 0 Å². The van der Waals surface area contributed by atoms with Crippen LogP contribution in [0.1, 0.15) is 12.5 Å². The molecule has 92 valence electrons. The van der Waals surface area contributed by atoms with Gasteiger partial charge in [-0.2, -0.15) is 5.10 Å². The van der Waals surface area contributed by atoms with Crippen molar-refractivity contribution >= 4 is 34.9 Å². The Balaban J connectivity index is 3.22. The van der Waals surface area contributed by atoms with Gasteiger partial charge in [0.2, 0.25) is 0 Å². The Kier molecular flexibility index (Phi) is 5.25. The van der Waals surface area contributed by atoms with Crippen LogP contribution in [0.15, 0.2) is 23.3 Å². The summed E-state index contributed by atoms with van der Waals surface area (Å²) in [6.07, 6.45) is 0. The number of halogens is 2. The Hall–Kier alpha value is -1.26. The highest BCUT2D eigenvalue weighted by Crippen LogP contribution is 2.26. The van der Waals surface area contributed by atoms with Crippen molar-refractivity contribution in [2.45, 2.75) is 6.92 Å². The van der Waals surface area contributed by atoms with Gasteiger partial charge in [0, 0.05) is 12.1 Å². The van der Waals surface area contributed by atoms with Crippen LogP contribution >= 0.6 is 23.2 Å². The highest BCUT2D eigenvalue weighted by atomic mass is 35.5. The molecule has 0 unspecified atom stereocenters. The predicted molar refractivity (Wildman–Crippen MR) is 68.7 cm³/mol. The van der Waals surface area contributed by atoms with Gasteiger partial charge in [0.05, 0.1) is 17.2 Å². The molecule has 0 aliphatic heterocycles. The molecule has 0 saturated carbocycles. The molecule has 0 spiro atoms. The molecule has 0 amide bonds. The van der Waals surface area contributed by atoms with E-state index in [2.05, 4.69) is 15.3 Å². The Morgan fingerprint density at radius 3 is 2.76 bits per heavy atom. The van der Waals surface area contributed by atoms with Crippen LogP contribution in [0.5, 0.6) is 0 Å². The molecule has 0 heterocycles. The molecular formula is C11H12Cl2N2O2. The van der Waals surface area contributed by atoms with E-state index in [4.69, 9.17) is 23.2 Å². The lowest BCUT2D eigenvalue weighted by Gasteiger charge is -2.08. The van der Waals surface area contributed by atoms with E-state index in [0.717, 1.165) is 0 Å². The molecule has 6 heteroatoms. The first-order valence-corrected chi connectivity index (χ1v) is 5.70. The van der Waals surface area contributed by atoms with Crippen molar-refractivity contribution in [3.8, 4) is 0 Å². The second kappa shape index (κ2) is 6.47. The second-order valence-corrected chi connectivity index (χ2v) is 3.85. The first-order chi connectivity index (χ1) is 8.11. The number of esters is 1. The number of carbonyl (C=O) groups excluding carboxylic acids is 1. The van der Waals surface area contributed by atoms with Gasteiger partial charge >= 0.3 is 5.97 Å². The zero-order valence-electron chi connectivity index (χ0n) is 9.46. The molecule has 0 atom stereocenters. The van der Waals surface area contributed by atoms with Gasteiger partial charge in [0.25, 0.3) is 0 Å². The van der Waals surface area contributed by atoms with Gasteiger partial charge in [0.1, 0.15) is 0 Å². The molecule has 0 saturated heterocycles. The third kappa shape index (κ3) is 3.35. The molecule has 1 rings (SSSR count). The minimum Gasteiger partial charge on any atom is -0.464 e. The zero-order valence-corrected chi connectivity index (χ0v) is 11.0. The van der Waals surface area contributed by atoms with Gasteiger partial charge in [0.15, 0.2) is 5.71 Å². The molecule has 0 radical (unpaired) electrons. The molecule has 1 aromatic rings. The number of ether oxygens (including phenoxy) is 1. The summed E-state index contributed by atoms with van der Waals surface area (Å²) in [5.74, 6) is -0.574. The summed E-state index contributed by atoms with van der Waals surface area (Å²) in [6, 6.07) is 4.98. The molecule has 0 aromatic heterocycles. The van der Waals surface area contributed by atoms with Crippen LogP contribution in [-0.2, 0) is 9.53 Å². The predicted octanol–water partition coefficient (Wildman–Crippen LogP) is 2.48. The van der Waals surface area contributed by atoms with Crippen molar-refractivity contribution in [3.05, 3.63) is 33.8 Å². The Labute approximate surface area is 110 Å². The van der Waals surface area contributed by atoms with Crippen molar-refractivity contribution < 1.29 is 9.53 Å². The van der Waals surface area contributed by atoms with Crippen LogP contribution in [0.25, 0.3) is 0 Å². The SMILES string of the molecule is CCN/N=C(\C(=O)OC)c1cccc(Cl)c1Cl. The largest absolute Gasteiger partial charge is 0.464 e. The second-order valence-electron chi connectivity index (χ2n) is 3.07. The Morgan fingerprint density at radius 1 is 1.47 bits per heavy atom. The van der Waals surface area contributed by atoms with Crippen LogP contribution in [0.4, 0.5) is 0 Å². The molecule has 0 aliphatic rings. The fraction of sp³-hybridized carbons (Fsp3) is 0.273. The maximum Gasteiger partial charge on any atom is 0.359 e. The summed E-state index contributed by atoms with van der Waals surface area (Å²) in [5.41, 5.74) is 3.23. The van der Waals surface area contributed by atoms with E-state index in [0.29, 0.717) is 17.1 Å². The van der Waals surface area contributed by atoms with E-state index in [-0.39, 0.29) is 10.7 Å². The summed E-state index contributed by atoms with van der Waals surface area (Å²) in [6.45, 7) is 2.44. The lowest BCUT2D eigenvalue weighted by atomic mass is 10.1. The molecule has 0 fully saturated rings. The van der Waals surface area contributed by atoms with E-state index in [1.54, 1.807) is 18.2 Å². The number of nitrogens with zero attached hydrogens (tertiary/aromatic N) is 1. The molecule has 1 N–H and O–H groups in total. The van der Waals surface area contributed by atoms with Crippen LogP contribution in [0.2, 0.25) is 10.0 Å². The first-order valence-electron chi connectivity index (χ1n) is 4.95. The van der Waals surface area contributed by atoms with Crippen molar-refractivity contribution in [3.63, 3.8) is 0 Å². The monoisotopic (exact) mass is 274 g/mol. The molecule has 0 aliphatic carbocycles. The summed E-state index contributed by atoms with van der Waals surface area (Å²) in [5, 5.41) is 4.57. The van der Waals surface area contributed by atoms with E-state index in [1.165, 1.54) is 7.11 Å². The van der Waals surface area contributed by atoms with Gasteiger partial charge in [-0.3, -0.25) is 0 Å². The summed E-state index contributed by atoms with van der Waals surface area (Å²) in [7, 11) is 1.28. The lowest BCUT2D eigenvalue weighted by Crippen LogP contribution is -2.21. The number of rotatable bonds is 4. The highest BCUT2D eigenvalue weighted by molar-refractivity contribution is 6.50. The molecule has 17 heavy (non-hydrogen) atoms. The van der Waals surface area contributed by atoms with E-state index in [1.807, 2.05) is 6.92 Å². The Morgan fingerprint density at radius 2 is 2.18 bits per heavy atom. The van der Waals surface area contributed by atoms with Crippen LogP contribution < -0.4 is 5.43 Å². The fourth-order valence-corrected chi connectivity index (χ4v) is 1.55. The van der Waals surface area contributed by atoms with Crippen molar-refractivity contribution in [1.82, 2.24) is 5.43 Å². The van der Waals surface area contributed by atoms with Crippen molar-refractivity contribution in [2.24, 2.45) is 5.10 Å². The molecular weight excluding hydrogens is 263 g/mol. The average molecular weight is 275 g/mol. The maximum absolute atomic E-state index is 11.6. The Bertz CT molecular complexity index is 447. The number of hydrazone groups is 1. The lowest BCUT2D eigenvalue weighted by molar-refractivity contribution is -0.132. The summed E-state index contributed by atoms with van der Waals surface area (Å²) < 4.78 is 4.65. The topological polar surface area (TPSA) is 50.7 Å². The quantitative estimate of drug-likeness (QED) is 0.521. The number of nitrogens with one attached hydrogen (secondary N) is 1. The standard InChI is InChI=1S/C11H12Cl2N2O2/c1-3-14-15-10(11(16)17-2)7-5-4-6-8(12)9(7)13/h4-6,14H,3H2,1-2H3/b15-10-. The van der Waals surface area contributed by atoms with E-state index < -0.39 is 5.97 Å². The number of carbonyl (C=O) groups is 1. The normalized spacial score (nSPS) is 11.2. The number of benzene rings is 1. The number of hydrogen-bond acceptors (Lipinski definition) is 4. The van der Waals surface area contributed by atoms with Crippen LogP contribution in [0.3, 0.4) is 0 Å². The average Bonchev–Trinajstić information content (AvgIpc) is 2.34. The van der Waals surface area contributed by atoms with E-state index in [9.17, 15) is 4.79 Å². The minimum atomic E-state index is -0.574. The minimum absolute atomic E-state index is 0.0989. The summed E-state index contributed by atoms with van der Waals surface area (Å²) >= 11 is 11.9. The van der Waals surface area contributed by atoms with Gasteiger partial charge < -0.3 is 10.2 Å². The molecule has 4 nitrogen and oxygen atoms in total. The van der Waals surface area contributed by atoms with Gasteiger partial charge in [-0.05, 0) is 13.0 Å². The third-order valence-corrected chi connectivity index (χ3v) is 2.75. The van der Waals surface area contributed by atoms with Gasteiger partial charge in [-0.1, -0.05) is 35.3 Å². The summed E-state index contributed by atoms with van der Waals surface area (Å²) in [4.78, 5) is 11.6. The highest BCUT2D eigenvalue weighted by Gasteiger charge is 2.19. The first kappa shape index (κ1) is 13.8. The van der Waals surface area contributed by atoms with Crippen LogP contribution in [0, 0.1) is 0 Å². The van der Waals surface area contributed by atoms with Crippen molar-refractivity contribution in [1.29, 1.82) is 0 Å². The molecule has 0 bridgehead atoms. The maximum atomic E-state index is 11.6. The molecule has 1 aromatic carbocycles. The van der Waals surface area contributed by atoms with E-state index >= 15 is 0 Å².